The Morgan fingerprint density at radius 2 is 0.958 bits per heavy atom. The molecule has 1 aromatic heterocycles. The van der Waals surface area contributed by atoms with Crippen LogP contribution in [0.15, 0.2) is 186 Å². The molecule has 0 amide bonds. The number of hydrogen-bond acceptors (Lipinski definition) is 2. The van der Waals surface area contributed by atoms with Gasteiger partial charge in [0.1, 0.15) is 11.2 Å². The highest BCUT2D eigenvalue weighted by Crippen LogP contribution is 2.66. The zero-order chi connectivity index (χ0) is 48.2. The van der Waals surface area contributed by atoms with Gasteiger partial charge in [-0.1, -0.05) is 183 Å². The third-order valence-electron chi connectivity index (χ3n) is 17.5. The molecule has 71 heavy (non-hydrogen) atoms. The summed E-state index contributed by atoms with van der Waals surface area (Å²) >= 11 is 0. The Hall–Kier alpha value is -7.10. The van der Waals surface area contributed by atoms with Gasteiger partial charge in [0.25, 0.3) is 0 Å². The van der Waals surface area contributed by atoms with Crippen molar-refractivity contribution in [3.63, 3.8) is 0 Å². The number of nitrogens with zero attached hydrogens (tertiary/aromatic N) is 1. The van der Waals surface area contributed by atoms with Crippen molar-refractivity contribution in [2.24, 2.45) is 11.8 Å². The zero-order valence-corrected chi connectivity index (χ0v) is 42.2. The summed E-state index contributed by atoms with van der Waals surface area (Å²) in [5.41, 5.74) is 23.6. The Kier molecular flexibility index (Phi) is 10.4. The molecule has 14 rings (SSSR count). The highest BCUT2D eigenvalue weighted by molar-refractivity contribution is 6.96. The minimum absolute atomic E-state index is 0.107. The summed E-state index contributed by atoms with van der Waals surface area (Å²) in [6.07, 6.45) is 7.86. The molecule has 0 N–H and O–H groups in total. The van der Waals surface area contributed by atoms with Crippen LogP contribution in [0.5, 0.6) is 0 Å². The molecular weight excluding hydrogens is 858 g/mol. The molecule has 2 unspecified atom stereocenters. The van der Waals surface area contributed by atoms with Crippen molar-refractivity contribution < 1.29 is 4.42 Å². The predicted molar refractivity (Wildman–Crippen MR) is 302 cm³/mol. The van der Waals surface area contributed by atoms with Crippen molar-refractivity contribution in [3.05, 3.63) is 226 Å². The first kappa shape index (κ1) is 43.9. The lowest BCUT2D eigenvalue weighted by molar-refractivity contribution is -0.0281. The molecule has 4 aliphatic carbocycles. The van der Waals surface area contributed by atoms with Crippen molar-refractivity contribution in [2.45, 2.75) is 90.9 Å². The molecule has 2 nitrogen and oxygen atoms in total. The molecule has 10 aromatic rings. The van der Waals surface area contributed by atoms with Crippen LogP contribution in [0.3, 0.4) is 0 Å². The average molecular weight is 920 g/mol. The largest absolute Gasteiger partial charge is 0.456 e. The van der Waals surface area contributed by atoms with Gasteiger partial charge in [-0.15, -0.1) is 0 Å². The number of para-hydroxylation sites is 1. The average Bonchev–Trinajstić information content (AvgIpc) is 3.73. The molecular formula is C68H62BNO. The third-order valence-corrected chi connectivity index (χ3v) is 17.5. The maximum absolute atomic E-state index is 6.59. The van der Waals surface area contributed by atoms with Crippen molar-refractivity contribution in [1.82, 2.24) is 0 Å². The first-order chi connectivity index (χ1) is 34.5. The van der Waals surface area contributed by atoms with E-state index in [-0.39, 0.29) is 17.5 Å². The van der Waals surface area contributed by atoms with E-state index in [9.17, 15) is 0 Å². The monoisotopic (exact) mass is 919 g/mol. The van der Waals surface area contributed by atoms with Crippen LogP contribution >= 0.6 is 0 Å². The van der Waals surface area contributed by atoms with Crippen LogP contribution in [0.2, 0.25) is 0 Å². The lowest BCUT2D eigenvalue weighted by atomic mass is 9.34. The highest BCUT2D eigenvalue weighted by Gasteiger charge is 2.58. The molecule has 3 heteroatoms. The molecule has 4 fully saturated rings. The standard InChI is InChI=1S/C68H62BNO/c1-43-31-45(3)65(46(4)32-43)69(66-47(5)33-44(2)34-48(66)6)56-26-30-64-61(37-56)60-36-53(21-29-63(60)71-64)51-19-22-54(23-20-51)67-38-49-35-50(39-67)41-68(40-49,42-67)55-24-27-58(28-25-55)70(57-15-8-7-9-16-57)62-18-12-14-52-13-10-11-17-59(52)62/h7-34,36-37,49-50H,35,38-42H2,1-6H3. The molecule has 9 aromatic carbocycles. The van der Waals surface area contributed by atoms with Gasteiger partial charge in [-0.25, -0.2) is 0 Å². The second-order valence-corrected chi connectivity index (χ2v) is 22.4. The second kappa shape index (κ2) is 16.8. The van der Waals surface area contributed by atoms with Crippen LogP contribution < -0.4 is 21.3 Å². The Labute approximate surface area is 420 Å². The fourth-order valence-electron chi connectivity index (χ4n) is 15.3. The third kappa shape index (κ3) is 7.37. The van der Waals surface area contributed by atoms with E-state index in [2.05, 4.69) is 228 Å². The van der Waals surface area contributed by atoms with E-state index < -0.39 is 0 Å². The van der Waals surface area contributed by atoms with Crippen molar-refractivity contribution in [3.8, 4) is 11.1 Å². The van der Waals surface area contributed by atoms with Crippen molar-refractivity contribution >= 4 is 72.9 Å². The molecule has 4 aliphatic rings. The Bertz CT molecular complexity index is 3570. The summed E-state index contributed by atoms with van der Waals surface area (Å²) in [6.45, 7) is 13.7. The van der Waals surface area contributed by atoms with Gasteiger partial charge in [0, 0.05) is 27.5 Å². The van der Waals surface area contributed by atoms with Crippen LogP contribution in [0.4, 0.5) is 17.1 Å². The van der Waals surface area contributed by atoms with E-state index in [1.807, 2.05) is 0 Å². The van der Waals surface area contributed by atoms with E-state index in [0.717, 1.165) is 23.0 Å². The van der Waals surface area contributed by atoms with Gasteiger partial charge in [-0.3, -0.25) is 0 Å². The Morgan fingerprint density at radius 3 is 1.58 bits per heavy atom. The molecule has 348 valence electrons. The number of fused-ring (bicyclic) bond motifs is 4. The predicted octanol–water partition coefficient (Wildman–Crippen LogP) is 16.0. The highest BCUT2D eigenvalue weighted by atomic mass is 16.3. The van der Waals surface area contributed by atoms with Gasteiger partial charge < -0.3 is 9.32 Å². The summed E-state index contributed by atoms with van der Waals surface area (Å²) in [5, 5.41) is 4.88. The first-order valence-electron chi connectivity index (χ1n) is 26.2. The van der Waals surface area contributed by atoms with Crippen LogP contribution in [0.25, 0.3) is 43.8 Å². The molecule has 0 spiro atoms. The Morgan fingerprint density at radius 1 is 0.451 bits per heavy atom. The second-order valence-electron chi connectivity index (χ2n) is 22.4. The zero-order valence-electron chi connectivity index (χ0n) is 42.2. The van der Waals surface area contributed by atoms with Crippen molar-refractivity contribution in [2.75, 3.05) is 4.90 Å². The topological polar surface area (TPSA) is 16.4 Å². The number of aryl methyl sites for hydroxylation is 6. The molecule has 0 radical (unpaired) electrons. The summed E-state index contributed by atoms with van der Waals surface area (Å²) in [4.78, 5) is 2.44. The lowest BCUT2D eigenvalue weighted by Crippen LogP contribution is -2.55. The number of hydrogen-bond donors (Lipinski definition) is 0. The number of benzene rings is 9. The van der Waals surface area contributed by atoms with Crippen LogP contribution in [0.1, 0.15) is 83.0 Å². The minimum atomic E-state index is 0.107. The van der Waals surface area contributed by atoms with Crippen LogP contribution in [-0.4, -0.2) is 6.71 Å². The Balaban J connectivity index is 0.824. The summed E-state index contributed by atoms with van der Waals surface area (Å²) in [7, 11) is 0. The lowest BCUT2D eigenvalue weighted by Gasteiger charge is -2.63. The van der Waals surface area contributed by atoms with Gasteiger partial charge in [-0.05, 0) is 179 Å². The van der Waals surface area contributed by atoms with Gasteiger partial charge in [-0.2, -0.15) is 0 Å². The quantitative estimate of drug-likeness (QED) is 0.134. The summed E-state index contributed by atoms with van der Waals surface area (Å²) < 4.78 is 6.59. The summed E-state index contributed by atoms with van der Waals surface area (Å²) in [5.74, 6) is 1.54. The smallest absolute Gasteiger partial charge is 0.242 e. The molecule has 4 saturated carbocycles. The van der Waals surface area contributed by atoms with E-state index in [1.54, 1.807) is 0 Å². The van der Waals surface area contributed by atoms with E-state index >= 15 is 0 Å². The normalized spacial score (nSPS) is 20.3. The number of anilines is 3. The van der Waals surface area contributed by atoms with Crippen molar-refractivity contribution in [1.29, 1.82) is 0 Å². The minimum Gasteiger partial charge on any atom is -0.456 e. The van der Waals surface area contributed by atoms with Crippen LogP contribution in [-0.2, 0) is 10.8 Å². The maximum Gasteiger partial charge on any atom is 0.242 e. The van der Waals surface area contributed by atoms with E-state index in [1.165, 1.54) is 149 Å². The van der Waals surface area contributed by atoms with E-state index in [0.29, 0.717) is 0 Å². The molecule has 4 bridgehead atoms. The van der Waals surface area contributed by atoms with Gasteiger partial charge in [0.15, 0.2) is 0 Å². The van der Waals surface area contributed by atoms with Crippen LogP contribution in [0, 0.1) is 53.4 Å². The van der Waals surface area contributed by atoms with Gasteiger partial charge in [0.05, 0.1) is 5.69 Å². The fourth-order valence-corrected chi connectivity index (χ4v) is 15.3. The molecule has 1 heterocycles. The first-order valence-corrected chi connectivity index (χ1v) is 26.2. The maximum atomic E-state index is 6.59. The molecule has 2 atom stereocenters. The van der Waals surface area contributed by atoms with Gasteiger partial charge in [0.2, 0.25) is 6.71 Å². The van der Waals surface area contributed by atoms with E-state index in [4.69, 9.17) is 4.42 Å². The molecule has 0 saturated heterocycles. The molecule has 0 aliphatic heterocycles. The van der Waals surface area contributed by atoms with Gasteiger partial charge >= 0.3 is 0 Å². The summed E-state index contributed by atoms with van der Waals surface area (Å²) in [6, 6.07) is 69.1. The SMILES string of the molecule is Cc1cc(C)c(B(c2ccc3oc4ccc(-c5ccc(C67CC8CC(C6)CC(c6ccc(N(c9ccccc9)c9cccc%10ccccc9%10)cc6)(C8)C7)cc5)cc4c3c2)c2c(C)cc(C)cc2C)c(C)c1. The number of furan rings is 1. The number of rotatable bonds is 9. The fraction of sp³-hybridized carbons (Fsp3) is 0.235.